The first-order valence-electron chi connectivity index (χ1n) is 6.04. The standard InChI is InChI=1S/C12H24N2O2S/c1-11(2,3)16-10(15)13-12(4)6-8-14(17-5)9-7-12/h6-9H2,1-5H3,(H,13,15). The molecule has 0 aliphatic carbocycles. The Bertz CT molecular complexity index is 268. The lowest BCUT2D eigenvalue weighted by Gasteiger charge is -2.39. The van der Waals surface area contributed by atoms with Crippen molar-refractivity contribution < 1.29 is 9.53 Å². The highest BCUT2D eigenvalue weighted by Crippen LogP contribution is 2.25. The van der Waals surface area contributed by atoms with Crippen LogP contribution < -0.4 is 5.32 Å². The van der Waals surface area contributed by atoms with Crippen molar-refractivity contribution in [2.45, 2.75) is 51.7 Å². The Kier molecular flexibility index (Phi) is 4.72. The normalized spacial score (nSPS) is 21.0. The van der Waals surface area contributed by atoms with Gasteiger partial charge in [-0.2, -0.15) is 0 Å². The second kappa shape index (κ2) is 5.48. The molecule has 0 radical (unpaired) electrons. The second-order valence-electron chi connectivity index (χ2n) is 5.80. The van der Waals surface area contributed by atoms with Crippen LogP contribution in [0.3, 0.4) is 0 Å². The fourth-order valence-electron chi connectivity index (χ4n) is 1.84. The van der Waals surface area contributed by atoms with Crippen LogP contribution >= 0.6 is 11.9 Å². The van der Waals surface area contributed by atoms with Gasteiger partial charge in [-0.25, -0.2) is 4.79 Å². The van der Waals surface area contributed by atoms with Gasteiger partial charge in [0.15, 0.2) is 0 Å². The number of ether oxygens (including phenoxy) is 1. The van der Waals surface area contributed by atoms with Gasteiger partial charge in [0.05, 0.1) is 0 Å². The molecule has 0 aromatic carbocycles. The summed E-state index contributed by atoms with van der Waals surface area (Å²) in [4.78, 5) is 11.7. The average Bonchev–Trinajstić information content (AvgIpc) is 2.15. The van der Waals surface area contributed by atoms with Crippen molar-refractivity contribution >= 4 is 18.0 Å². The van der Waals surface area contributed by atoms with Crippen molar-refractivity contribution in [1.29, 1.82) is 0 Å². The summed E-state index contributed by atoms with van der Waals surface area (Å²) < 4.78 is 7.61. The molecule has 0 bridgehead atoms. The van der Waals surface area contributed by atoms with Gasteiger partial charge in [0.1, 0.15) is 5.60 Å². The predicted octanol–water partition coefficient (Wildman–Crippen LogP) is 2.64. The molecule has 17 heavy (non-hydrogen) atoms. The molecule has 1 fully saturated rings. The first kappa shape index (κ1) is 14.6. The van der Waals surface area contributed by atoms with Gasteiger partial charge in [-0.05, 0) is 46.8 Å². The summed E-state index contributed by atoms with van der Waals surface area (Å²) in [6.45, 7) is 9.75. The van der Waals surface area contributed by atoms with E-state index in [1.54, 1.807) is 11.9 Å². The molecule has 0 aromatic heterocycles. The molecular weight excluding hydrogens is 236 g/mol. The maximum absolute atomic E-state index is 11.7. The molecule has 0 spiro atoms. The van der Waals surface area contributed by atoms with Crippen molar-refractivity contribution in [3.05, 3.63) is 0 Å². The van der Waals surface area contributed by atoms with Crippen LogP contribution in [0.5, 0.6) is 0 Å². The third-order valence-electron chi connectivity index (χ3n) is 2.89. The molecule has 4 nitrogen and oxygen atoms in total. The van der Waals surface area contributed by atoms with Crippen molar-refractivity contribution in [2.24, 2.45) is 0 Å². The number of piperidine rings is 1. The highest BCUT2D eigenvalue weighted by atomic mass is 32.2. The summed E-state index contributed by atoms with van der Waals surface area (Å²) >= 11 is 1.76. The van der Waals surface area contributed by atoms with Gasteiger partial charge in [0.2, 0.25) is 0 Å². The molecule has 0 atom stereocenters. The Morgan fingerprint density at radius 3 is 2.29 bits per heavy atom. The van der Waals surface area contributed by atoms with Crippen molar-refractivity contribution in [3.63, 3.8) is 0 Å². The molecule has 0 unspecified atom stereocenters. The van der Waals surface area contributed by atoms with E-state index in [-0.39, 0.29) is 11.6 Å². The van der Waals surface area contributed by atoms with E-state index in [2.05, 4.69) is 22.8 Å². The summed E-state index contributed by atoms with van der Waals surface area (Å²) in [6, 6.07) is 0. The molecule has 1 saturated heterocycles. The lowest BCUT2D eigenvalue weighted by molar-refractivity contribution is 0.0432. The van der Waals surface area contributed by atoms with Crippen LogP contribution in [-0.2, 0) is 4.74 Å². The minimum absolute atomic E-state index is 0.130. The summed E-state index contributed by atoms with van der Waals surface area (Å²) in [5.74, 6) is 0. The zero-order valence-corrected chi connectivity index (χ0v) is 12.3. The highest BCUT2D eigenvalue weighted by Gasteiger charge is 2.32. The predicted molar refractivity (Wildman–Crippen MR) is 72.1 cm³/mol. The molecule has 1 N–H and O–H groups in total. The quantitative estimate of drug-likeness (QED) is 0.775. The fourth-order valence-corrected chi connectivity index (χ4v) is 2.39. The maximum Gasteiger partial charge on any atom is 0.408 e. The van der Waals surface area contributed by atoms with E-state index in [1.807, 2.05) is 20.8 Å². The molecule has 5 heteroatoms. The smallest absolute Gasteiger partial charge is 0.408 e. The van der Waals surface area contributed by atoms with E-state index in [0.29, 0.717) is 0 Å². The van der Waals surface area contributed by atoms with Crippen LogP contribution in [0.25, 0.3) is 0 Å². The molecule has 1 heterocycles. The first-order chi connectivity index (χ1) is 7.74. The Hall–Kier alpha value is -0.420. The van der Waals surface area contributed by atoms with Gasteiger partial charge >= 0.3 is 6.09 Å². The van der Waals surface area contributed by atoms with Gasteiger partial charge in [-0.15, -0.1) is 0 Å². The van der Waals surface area contributed by atoms with Crippen LogP contribution in [-0.4, -0.2) is 40.9 Å². The number of hydrogen-bond donors (Lipinski definition) is 1. The van der Waals surface area contributed by atoms with Gasteiger partial charge in [-0.1, -0.05) is 11.9 Å². The Balaban J connectivity index is 2.43. The van der Waals surface area contributed by atoms with E-state index in [9.17, 15) is 4.79 Å². The first-order valence-corrected chi connectivity index (χ1v) is 7.22. The largest absolute Gasteiger partial charge is 0.444 e. The maximum atomic E-state index is 11.7. The number of carbonyl (C=O) groups is 1. The number of nitrogens with one attached hydrogen (secondary N) is 1. The molecule has 1 amide bonds. The van der Waals surface area contributed by atoms with E-state index in [0.717, 1.165) is 25.9 Å². The minimum Gasteiger partial charge on any atom is -0.444 e. The van der Waals surface area contributed by atoms with Gasteiger partial charge in [0, 0.05) is 18.6 Å². The monoisotopic (exact) mass is 260 g/mol. The van der Waals surface area contributed by atoms with Crippen molar-refractivity contribution in [3.8, 4) is 0 Å². The molecule has 1 aliphatic heterocycles. The summed E-state index contributed by atoms with van der Waals surface area (Å²) in [5.41, 5.74) is -0.561. The fraction of sp³-hybridized carbons (Fsp3) is 0.917. The van der Waals surface area contributed by atoms with Crippen LogP contribution in [0.4, 0.5) is 4.79 Å². The van der Waals surface area contributed by atoms with Gasteiger partial charge in [-0.3, -0.25) is 4.31 Å². The SMILES string of the molecule is CSN1CCC(C)(NC(=O)OC(C)(C)C)CC1. The molecule has 1 rings (SSSR count). The highest BCUT2D eigenvalue weighted by molar-refractivity contribution is 7.96. The Morgan fingerprint density at radius 1 is 1.35 bits per heavy atom. The third kappa shape index (κ3) is 5.17. The van der Waals surface area contributed by atoms with E-state index >= 15 is 0 Å². The van der Waals surface area contributed by atoms with Crippen LogP contribution in [0.2, 0.25) is 0 Å². The molecule has 1 aliphatic rings. The zero-order chi connectivity index (χ0) is 13.1. The van der Waals surface area contributed by atoms with E-state index in [1.165, 1.54) is 0 Å². The molecule has 0 saturated carbocycles. The van der Waals surface area contributed by atoms with Crippen molar-refractivity contribution in [1.82, 2.24) is 9.62 Å². The third-order valence-corrected chi connectivity index (χ3v) is 3.77. The van der Waals surface area contributed by atoms with Crippen LogP contribution in [0, 0.1) is 0 Å². The average molecular weight is 260 g/mol. The van der Waals surface area contributed by atoms with Crippen LogP contribution in [0.15, 0.2) is 0 Å². The van der Waals surface area contributed by atoms with Crippen LogP contribution in [0.1, 0.15) is 40.5 Å². The summed E-state index contributed by atoms with van der Waals surface area (Å²) in [7, 11) is 0. The zero-order valence-electron chi connectivity index (χ0n) is 11.5. The Labute approximate surface area is 109 Å². The van der Waals surface area contributed by atoms with Gasteiger partial charge in [0.25, 0.3) is 0 Å². The summed E-state index contributed by atoms with van der Waals surface area (Å²) in [6.07, 6.45) is 3.71. The number of nitrogens with zero attached hydrogens (tertiary/aromatic N) is 1. The molecular formula is C12H24N2O2S. The van der Waals surface area contributed by atoms with E-state index < -0.39 is 5.60 Å². The van der Waals surface area contributed by atoms with Gasteiger partial charge < -0.3 is 10.1 Å². The van der Waals surface area contributed by atoms with Crippen molar-refractivity contribution in [2.75, 3.05) is 19.3 Å². The number of alkyl carbamates (subject to hydrolysis) is 1. The lowest BCUT2D eigenvalue weighted by Crippen LogP contribution is -2.53. The second-order valence-corrected chi connectivity index (χ2v) is 6.68. The number of hydrogen-bond acceptors (Lipinski definition) is 4. The lowest BCUT2D eigenvalue weighted by atomic mass is 9.91. The molecule has 0 aromatic rings. The number of carbonyl (C=O) groups excluding carboxylic acids is 1. The number of rotatable bonds is 2. The minimum atomic E-state index is -0.430. The summed E-state index contributed by atoms with van der Waals surface area (Å²) in [5, 5.41) is 3.00. The molecule has 100 valence electrons. The number of amides is 1. The Morgan fingerprint density at radius 2 is 1.88 bits per heavy atom. The van der Waals surface area contributed by atoms with E-state index in [4.69, 9.17) is 4.74 Å². The topological polar surface area (TPSA) is 41.6 Å².